The van der Waals surface area contributed by atoms with Crippen molar-refractivity contribution in [3.63, 3.8) is 0 Å². The Morgan fingerprint density at radius 3 is 1.36 bits per heavy atom. The van der Waals surface area contributed by atoms with Gasteiger partial charge in [0.15, 0.2) is 0 Å². The van der Waals surface area contributed by atoms with Crippen LogP contribution in [0.25, 0.3) is 0 Å². The Morgan fingerprint density at radius 2 is 0.952 bits per heavy atom. The molecule has 0 heterocycles. The fourth-order valence-corrected chi connectivity index (χ4v) is 3.54. The maximum Gasteiger partial charge on any atom is 0.407 e. The van der Waals surface area contributed by atoms with Gasteiger partial charge in [-0.15, -0.1) is 0 Å². The van der Waals surface area contributed by atoms with Gasteiger partial charge in [0.25, 0.3) is 0 Å². The first kappa shape index (κ1) is 38.9. The zero-order valence-electron chi connectivity index (χ0n) is 26.6. The van der Waals surface area contributed by atoms with Crippen LogP contribution in [0.2, 0.25) is 0 Å². The van der Waals surface area contributed by atoms with Crippen molar-refractivity contribution in [1.29, 1.82) is 0 Å². The SMILES string of the molecule is CC(C)(C)OC(=O)NCCCCCCNC(=O)CC[C@@H](N)C(=O)NCC(=O)NCCCCCCNC(=O)OC(C)(C)C. The number of alkyl carbamates (subject to hydrolysis) is 2. The van der Waals surface area contributed by atoms with E-state index in [4.69, 9.17) is 15.2 Å². The Morgan fingerprint density at radius 1 is 0.571 bits per heavy atom. The molecule has 0 saturated heterocycles. The first-order valence-corrected chi connectivity index (χ1v) is 15.1. The number of hydrogen-bond acceptors (Lipinski definition) is 8. The number of nitrogens with one attached hydrogen (secondary N) is 5. The van der Waals surface area contributed by atoms with Gasteiger partial charge in [-0.2, -0.15) is 0 Å². The van der Waals surface area contributed by atoms with Crippen molar-refractivity contribution in [2.45, 2.75) is 123 Å². The van der Waals surface area contributed by atoms with Crippen LogP contribution in [0.3, 0.4) is 0 Å². The van der Waals surface area contributed by atoms with Gasteiger partial charge in [-0.1, -0.05) is 25.7 Å². The highest BCUT2D eigenvalue weighted by molar-refractivity contribution is 5.87. The lowest BCUT2D eigenvalue weighted by atomic mass is 10.1. The van der Waals surface area contributed by atoms with E-state index in [9.17, 15) is 24.0 Å². The van der Waals surface area contributed by atoms with E-state index in [-0.39, 0.29) is 31.2 Å². The molecule has 0 aromatic carbocycles. The lowest BCUT2D eigenvalue weighted by Crippen LogP contribution is -2.45. The van der Waals surface area contributed by atoms with Crippen molar-refractivity contribution in [2.24, 2.45) is 5.73 Å². The zero-order valence-corrected chi connectivity index (χ0v) is 26.6. The smallest absolute Gasteiger partial charge is 0.407 e. The van der Waals surface area contributed by atoms with E-state index in [0.717, 1.165) is 51.4 Å². The molecule has 0 aromatic rings. The van der Waals surface area contributed by atoms with Crippen molar-refractivity contribution in [3.8, 4) is 0 Å². The summed E-state index contributed by atoms with van der Waals surface area (Å²) in [7, 11) is 0. The molecule has 0 rings (SSSR count). The summed E-state index contributed by atoms with van der Waals surface area (Å²) in [6.07, 6.45) is 6.31. The Labute approximate surface area is 251 Å². The molecular weight excluding hydrogens is 544 g/mol. The molecule has 0 fully saturated rings. The predicted molar refractivity (Wildman–Crippen MR) is 162 cm³/mol. The second kappa shape index (κ2) is 21.6. The molecule has 42 heavy (non-hydrogen) atoms. The summed E-state index contributed by atoms with van der Waals surface area (Å²) in [4.78, 5) is 59.2. The van der Waals surface area contributed by atoms with Crippen molar-refractivity contribution < 1.29 is 33.4 Å². The van der Waals surface area contributed by atoms with E-state index < -0.39 is 35.3 Å². The van der Waals surface area contributed by atoms with E-state index in [0.29, 0.717) is 26.2 Å². The second-order valence-electron chi connectivity index (χ2n) is 12.2. The van der Waals surface area contributed by atoms with Gasteiger partial charge < -0.3 is 41.8 Å². The number of unbranched alkanes of at least 4 members (excludes halogenated alkanes) is 6. The van der Waals surface area contributed by atoms with Crippen LogP contribution in [0.5, 0.6) is 0 Å². The second-order valence-corrected chi connectivity index (χ2v) is 12.2. The molecule has 0 aliphatic rings. The summed E-state index contributed by atoms with van der Waals surface area (Å²) < 4.78 is 10.3. The number of carbonyl (C=O) groups is 5. The lowest BCUT2D eigenvalue weighted by Gasteiger charge is -2.19. The minimum atomic E-state index is -0.879. The highest BCUT2D eigenvalue weighted by Crippen LogP contribution is 2.07. The Hall–Kier alpha value is -3.09. The van der Waals surface area contributed by atoms with Crippen molar-refractivity contribution in [2.75, 3.05) is 32.7 Å². The maximum atomic E-state index is 12.1. The number of ether oxygens (including phenoxy) is 2. The number of carbonyl (C=O) groups excluding carboxylic acids is 5. The van der Waals surface area contributed by atoms with Crippen LogP contribution >= 0.6 is 0 Å². The molecule has 0 radical (unpaired) electrons. The standard InChI is InChI=1S/C29H56N6O7/c1-28(2,3)41-26(39)33-19-13-9-7-11-17-31-23(36)16-15-22(30)25(38)35-21-24(37)32-18-12-8-10-14-20-34-27(40)42-29(4,5)6/h22H,7-21,30H2,1-6H3,(H,31,36)(H,32,37)(H,33,39)(H,34,40)(H,35,38)/t22-/m1/s1. The van der Waals surface area contributed by atoms with Gasteiger partial charge >= 0.3 is 12.2 Å². The Kier molecular flexibility index (Phi) is 20.0. The highest BCUT2D eigenvalue weighted by atomic mass is 16.6. The van der Waals surface area contributed by atoms with Gasteiger partial charge in [0.1, 0.15) is 11.2 Å². The molecule has 0 spiro atoms. The minimum Gasteiger partial charge on any atom is -0.444 e. The summed E-state index contributed by atoms with van der Waals surface area (Å²) in [5.74, 6) is -0.959. The van der Waals surface area contributed by atoms with Crippen molar-refractivity contribution in [3.05, 3.63) is 0 Å². The molecule has 13 nitrogen and oxygen atoms in total. The van der Waals surface area contributed by atoms with Crippen LogP contribution < -0.4 is 32.3 Å². The van der Waals surface area contributed by atoms with Gasteiger partial charge in [0.05, 0.1) is 12.6 Å². The normalized spacial score (nSPS) is 12.1. The third-order valence-corrected chi connectivity index (χ3v) is 5.63. The summed E-state index contributed by atoms with van der Waals surface area (Å²) >= 11 is 0. The number of hydrogen-bond donors (Lipinski definition) is 6. The molecule has 0 aromatic heterocycles. The minimum absolute atomic E-state index is 0.119. The molecule has 5 amide bonds. The molecular formula is C29H56N6O7. The predicted octanol–water partition coefficient (Wildman–Crippen LogP) is 2.61. The average Bonchev–Trinajstić information content (AvgIpc) is 2.86. The Bertz CT molecular complexity index is 824. The molecule has 0 saturated carbocycles. The Balaban J connectivity index is 3.71. The van der Waals surface area contributed by atoms with Crippen LogP contribution in [0, 0.1) is 0 Å². The average molecular weight is 601 g/mol. The summed E-state index contributed by atoms with van der Waals surface area (Å²) in [5, 5.41) is 13.5. The number of rotatable bonds is 20. The van der Waals surface area contributed by atoms with Crippen LogP contribution in [0.15, 0.2) is 0 Å². The third-order valence-electron chi connectivity index (χ3n) is 5.63. The molecule has 0 bridgehead atoms. The molecule has 0 aliphatic heterocycles. The van der Waals surface area contributed by atoms with Crippen molar-refractivity contribution >= 4 is 29.9 Å². The van der Waals surface area contributed by atoms with Gasteiger partial charge in [-0.05, 0) is 73.6 Å². The summed E-state index contributed by atoms with van der Waals surface area (Å²) in [6, 6.07) is -0.879. The summed E-state index contributed by atoms with van der Waals surface area (Å²) in [6.45, 7) is 12.8. The number of nitrogens with two attached hydrogens (primary N) is 1. The van der Waals surface area contributed by atoms with Gasteiger partial charge in [-0.25, -0.2) is 9.59 Å². The largest absolute Gasteiger partial charge is 0.444 e. The third kappa shape index (κ3) is 25.8. The molecule has 0 unspecified atom stereocenters. The van der Waals surface area contributed by atoms with E-state index in [1.165, 1.54) is 0 Å². The van der Waals surface area contributed by atoms with E-state index in [1.54, 1.807) is 0 Å². The molecule has 1 atom stereocenters. The van der Waals surface area contributed by atoms with Crippen LogP contribution in [0.4, 0.5) is 9.59 Å². The summed E-state index contributed by atoms with van der Waals surface area (Å²) in [5.41, 5.74) is 4.83. The zero-order chi connectivity index (χ0) is 32.0. The molecule has 244 valence electrons. The van der Waals surface area contributed by atoms with E-state index in [1.807, 2.05) is 41.5 Å². The highest BCUT2D eigenvalue weighted by Gasteiger charge is 2.17. The van der Waals surface area contributed by atoms with Crippen molar-refractivity contribution in [1.82, 2.24) is 26.6 Å². The van der Waals surface area contributed by atoms with Crippen LogP contribution in [0.1, 0.15) is 106 Å². The quantitative estimate of drug-likeness (QED) is 0.115. The van der Waals surface area contributed by atoms with Crippen LogP contribution in [-0.2, 0) is 23.9 Å². The van der Waals surface area contributed by atoms with Crippen LogP contribution in [-0.4, -0.2) is 79.9 Å². The van der Waals surface area contributed by atoms with E-state index in [2.05, 4.69) is 26.6 Å². The lowest BCUT2D eigenvalue weighted by molar-refractivity contribution is -0.127. The number of amides is 5. The molecule has 7 N–H and O–H groups in total. The van der Waals surface area contributed by atoms with Gasteiger partial charge in [0.2, 0.25) is 17.7 Å². The molecule has 0 aliphatic carbocycles. The fourth-order valence-electron chi connectivity index (χ4n) is 3.54. The first-order valence-electron chi connectivity index (χ1n) is 15.1. The molecule has 13 heteroatoms. The van der Waals surface area contributed by atoms with Gasteiger partial charge in [-0.3, -0.25) is 14.4 Å². The maximum absolute atomic E-state index is 12.1. The fraction of sp³-hybridized carbons (Fsp3) is 0.828. The van der Waals surface area contributed by atoms with Gasteiger partial charge in [0, 0.05) is 32.6 Å². The van der Waals surface area contributed by atoms with E-state index >= 15 is 0 Å². The topological polar surface area (TPSA) is 190 Å². The monoisotopic (exact) mass is 600 g/mol. The first-order chi connectivity index (χ1) is 19.6.